The maximum Gasteiger partial charge on any atom is 0.303 e. The lowest BCUT2D eigenvalue weighted by Crippen LogP contribution is -2.37. The summed E-state index contributed by atoms with van der Waals surface area (Å²) in [5.41, 5.74) is 0. The first kappa shape index (κ1) is 11.5. The van der Waals surface area contributed by atoms with Crippen LogP contribution in [0.15, 0.2) is 0 Å². The molecule has 2 N–H and O–H groups in total. The Balaban J connectivity index is 2.07. The Morgan fingerprint density at radius 2 is 2.14 bits per heavy atom. The Kier molecular flexibility index (Phi) is 4.94. The minimum Gasteiger partial charge on any atom is -0.481 e. The highest BCUT2D eigenvalue weighted by Crippen LogP contribution is 2.23. The van der Waals surface area contributed by atoms with Crippen molar-refractivity contribution < 1.29 is 9.90 Å². The second-order valence-electron chi connectivity index (χ2n) is 4.32. The molecule has 0 radical (unpaired) electrons. The fraction of sp³-hybridized carbons (Fsp3) is 0.909. The maximum absolute atomic E-state index is 10.3. The zero-order valence-corrected chi connectivity index (χ0v) is 8.96. The molecule has 1 saturated carbocycles. The van der Waals surface area contributed by atoms with Crippen LogP contribution in [-0.4, -0.2) is 23.7 Å². The molecule has 0 aliphatic heterocycles. The largest absolute Gasteiger partial charge is 0.481 e. The molecule has 1 rings (SSSR count). The van der Waals surface area contributed by atoms with E-state index in [9.17, 15) is 4.79 Å². The molecule has 0 spiro atoms. The predicted molar refractivity (Wildman–Crippen MR) is 56.3 cm³/mol. The van der Waals surface area contributed by atoms with Gasteiger partial charge in [0.15, 0.2) is 0 Å². The molecular formula is C11H21NO2. The highest BCUT2D eigenvalue weighted by Gasteiger charge is 2.19. The number of rotatable bonds is 5. The first-order valence-corrected chi connectivity index (χ1v) is 5.65. The molecule has 2 unspecified atom stereocenters. The smallest absolute Gasteiger partial charge is 0.303 e. The molecule has 3 nitrogen and oxygen atoms in total. The molecule has 3 heteroatoms. The van der Waals surface area contributed by atoms with Crippen LogP contribution < -0.4 is 5.32 Å². The molecule has 2 atom stereocenters. The molecule has 0 amide bonds. The zero-order valence-electron chi connectivity index (χ0n) is 8.96. The van der Waals surface area contributed by atoms with Gasteiger partial charge >= 0.3 is 5.97 Å². The molecule has 14 heavy (non-hydrogen) atoms. The normalized spacial score (nSPS) is 27.5. The minimum atomic E-state index is -0.691. The third kappa shape index (κ3) is 4.09. The van der Waals surface area contributed by atoms with Gasteiger partial charge in [-0.3, -0.25) is 4.79 Å². The Morgan fingerprint density at radius 3 is 2.79 bits per heavy atom. The summed E-state index contributed by atoms with van der Waals surface area (Å²) >= 11 is 0. The van der Waals surface area contributed by atoms with Gasteiger partial charge in [0, 0.05) is 12.5 Å². The lowest BCUT2D eigenvalue weighted by molar-refractivity contribution is -0.137. The van der Waals surface area contributed by atoms with Crippen LogP contribution >= 0.6 is 0 Å². The molecule has 0 aromatic heterocycles. The summed E-state index contributed by atoms with van der Waals surface area (Å²) in [5, 5.41) is 11.9. The van der Waals surface area contributed by atoms with E-state index in [0.29, 0.717) is 6.04 Å². The van der Waals surface area contributed by atoms with E-state index in [0.717, 1.165) is 18.9 Å². The van der Waals surface area contributed by atoms with Gasteiger partial charge in [-0.2, -0.15) is 0 Å². The van der Waals surface area contributed by atoms with E-state index in [-0.39, 0.29) is 6.42 Å². The highest BCUT2D eigenvalue weighted by molar-refractivity contribution is 5.66. The quantitative estimate of drug-likeness (QED) is 0.666. The summed E-state index contributed by atoms with van der Waals surface area (Å²) in [7, 11) is 0. The highest BCUT2D eigenvalue weighted by atomic mass is 16.4. The minimum absolute atomic E-state index is 0.286. The molecule has 0 heterocycles. The van der Waals surface area contributed by atoms with Gasteiger partial charge in [0.2, 0.25) is 0 Å². The fourth-order valence-electron chi connectivity index (χ4n) is 2.15. The van der Waals surface area contributed by atoms with Crippen LogP contribution in [0.3, 0.4) is 0 Å². The molecule has 1 fully saturated rings. The molecule has 0 saturated heterocycles. The van der Waals surface area contributed by atoms with Crippen molar-refractivity contribution in [3.05, 3.63) is 0 Å². The Bertz CT molecular complexity index is 182. The molecule has 1 aliphatic rings. The van der Waals surface area contributed by atoms with Gasteiger partial charge in [-0.15, -0.1) is 0 Å². The van der Waals surface area contributed by atoms with Crippen molar-refractivity contribution >= 4 is 5.97 Å². The Labute approximate surface area is 85.9 Å². The van der Waals surface area contributed by atoms with E-state index in [2.05, 4.69) is 12.2 Å². The first-order valence-electron chi connectivity index (χ1n) is 5.65. The van der Waals surface area contributed by atoms with Crippen LogP contribution in [0.5, 0.6) is 0 Å². The van der Waals surface area contributed by atoms with E-state index >= 15 is 0 Å². The van der Waals surface area contributed by atoms with Gasteiger partial charge in [0.1, 0.15) is 0 Å². The van der Waals surface area contributed by atoms with Crippen LogP contribution in [0, 0.1) is 5.92 Å². The van der Waals surface area contributed by atoms with Crippen molar-refractivity contribution in [3.63, 3.8) is 0 Å². The zero-order chi connectivity index (χ0) is 10.4. The first-order chi connectivity index (χ1) is 6.70. The van der Waals surface area contributed by atoms with Gasteiger partial charge in [0.25, 0.3) is 0 Å². The predicted octanol–water partition coefficient (Wildman–Crippen LogP) is 2.02. The van der Waals surface area contributed by atoms with E-state index in [1.54, 1.807) is 0 Å². The number of carbonyl (C=O) groups is 1. The number of carboxylic acid groups (broad SMARTS) is 1. The standard InChI is InChI=1S/C11H21NO2/c1-9-5-2-3-6-10(9)12-8-4-7-11(13)14/h9-10,12H,2-8H2,1H3,(H,13,14). The molecule has 0 aromatic rings. The molecule has 0 bridgehead atoms. The van der Waals surface area contributed by atoms with Gasteiger partial charge in [-0.1, -0.05) is 19.8 Å². The third-order valence-electron chi connectivity index (χ3n) is 3.09. The van der Waals surface area contributed by atoms with Crippen LogP contribution in [0.4, 0.5) is 0 Å². The summed E-state index contributed by atoms with van der Waals surface area (Å²) in [6, 6.07) is 0.623. The van der Waals surface area contributed by atoms with E-state index in [1.165, 1.54) is 25.7 Å². The fourth-order valence-corrected chi connectivity index (χ4v) is 2.15. The number of nitrogens with one attached hydrogen (secondary N) is 1. The van der Waals surface area contributed by atoms with E-state index in [1.807, 2.05) is 0 Å². The average Bonchev–Trinajstić information content (AvgIpc) is 2.15. The van der Waals surface area contributed by atoms with Crippen molar-refractivity contribution in [2.75, 3.05) is 6.54 Å². The summed E-state index contributed by atoms with van der Waals surface area (Å²) in [6.45, 7) is 3.13. The van der Waals surface area contributed by atoms with Gasteiger partial charge < -0.3 is 10.4 Å². The van der Waals surface area contributed by atoms with Crippen LogP contribution in [-0.2, 0) is 4.79 Å². The monoisotopic (exact) mass is 199 g/mol. The van der Waals surface area contributed by atoms with Crippen molar-refractivity contribution in [3.8, 4) is 0 Å². The van der Waals surface area contributed by atoms with Crippen molar-refractivity contribution in [1.29, 1.82) is 0 Å². The van der Waals surface area contributed by atoms with Crippen molar-refractivity contribution in [2.45, 2.75) is 51.5 Å². The van der Waals surface area contributed by atoms with Gasteiger partial charge in [0.05, 0.1) is 0 Å². The Morgan fingerprint density at radius 1 is 1.43 bits per heavy atom. The third-order valence-corrected chi connectivity index (χ3v) is 3.09. The summed E-state index contributed by atoms with van der Waals surface area (Å²) < 4.78 is 0. The summed E-state index contributed by atoms with van der Waals surface area (Å²) in [4.78, 5) is 10.3. The molecule has 0 aromatic carbocycles. The second-order valence-corrected chi connectivity index (χ2v) is 4.32. The number of carboxylic acids is 1. The van der Waals surface area contributed by atoms with Gasteiger partial charge in [-0.05, 0) is 31.7 Å². The van der Waals surface area contributed by atoms with Crippen LogP contribution in [0.2, 0.25) is 0 Å². The number of hydrogen-bond donors (Lipinski definition) is 2. The van der Waals surface area contributed by atoms with E-state index < -0.39 is 5.97 Å². The Hall–Kier alpha value is -0.570. The second kappa shape index (κ2) is 6.02. The maximum atomic E-state index is 10.3. The molecule has 1 aliphatic carbocycles. The van der Waals surface area contributed by atoms with Crippen molar-refractivity contribution in [2.24, 2.45) is 5.92 Å². The summed E-state index contributed by atoms with van der Waals surface area (Å²) in [5.74, 6) is 0.0667. The van der Waals surface area contributed by atoms with Gasteiger partial charge in [-0.25, -0.2) is 0 Å². The average molecular weight is 199 g/mol. The number of hydrogen-bond acceptors (Lipinski definition) is 2. The molecule has 82 valence electrons. The van der Waals surface area contributed by atoms with Crippen molar-refractivity contribution in [1.82, 2.24) is 5.32 Å². The summed E-state index contributed by atoms with van der Waals surface area (Å²) in [6.07, 6.45) is 6.28. The topological polar surface area (TPSA) is 49.3 Å². The van der Waals surface area contributed by atoms with Crippen LogP contribution in [0.25, 0.3) is 0 Å². The van der Waals surface area contributed by atoms with E-state index in [4.69, 9.17) is 5.11 Å². The lowest BCUT2D eigenvalue weighted by Gasteiger charge is -2.29. The SMILES string of the molecule is CC1CCCCC1NCCCC(=O)O. The van der Waals surface area contributed by atoms with Crippen LogP contribution in [0.1, 0.15) is 45.4 Å². The lowest BCUT2D eigenvalue weighted by atomic mass is 9.86. The number of aliphatic carboxylic acids is 1. The molecular weight excluding hydrogens is 178 g/mol.